The number of ether oxygens (including phenoxy) is 1. The SMILES string of the molecule is COCCc1nsc(N2CCC(c3nc4ccccc4[nH]3)CC2)n1. The van der Waals surface area contributed by atoms with Crippen LogP contribution in [0.25, 0.3) is 11.0 Å². The smallest absolute Gasteiger partial charge is 0.205 e. The monoisotopic (exact) mass is 343 g/mol. The lowest BCUT2D eigenvalue weighted by atomic mass is 9.96. The first-order valence-electron chi connectivity index (χ1n) is 8.34. The summed E-state index contributed by atoms with van der Waals surface area (Å²) in [5.74, 6) is 2.50. The molecule has 0 radical (unpaired) electrons. The van der Waals surface area contributed by atoms with Crippen molar-refractivity contribution in [2.75, 3.05) is 31.7 Å². The number of anilines is 1. The van der Waals surface area contributed by atoms with Crippen molar-refractivity contribution in [1.82, 2.24) is 19.3 Å². The number of benzene rings is 1. The Kier molecular flexibility index (Phi) is 4.44. The number of aromatic amines is 1. The molecule has 0 unspecified atom stereocenters. The van der Waals surface area contributed by atoms with Gasteiger partial charge in [0.05, 0.1) is 17.6 Å². The second kappa shape index (κ2) is 6.86. The molecule has 6 nitrogen and oxygen atoms in total. The second-order valence-electron chi connectivity index (χ2n) is 6.14. The summed E-state index contributed by atoms with van der Waals surface area (Å²) in [5, 5.41) is 1.03. The van der Waals surface area contributed by atoms with Crippen molar-refractivity contribution in [2.24, 2.45) is 0 Å². The van der Waals surface area contributed by atoms with Crippen molar-refractivity contribution < 1.29 is 4.74 Å². The minimum absolute atomic E-state index is 0.495. The lowest BCUT2D eigenvalue weighted by Gasteiger charge is -2.30. The van der Waals surface area contributed by atoms with E-state index in [0.717, 1.165) is 60.2 Å². The molecule has 1 N–H and O–H groups in total. The third-order valence-electron chi connectivity index (χ3n) is 4.55. The van der Waals surface area contributed by atoms with Crippen LogP contribution in [0.1, 0.15) is 30.4 Å². The first kappa shape index (κ1) is 15.5. The summed E-state index contributed by atoms with van der Waals surface area (Å²) < 4.78 is 9.51. The molecule has 3 aromatic rings. The van der Waals surface area contributed by atoms with Crippen LogP contribution >= 0.6 is 11.5 Å². The van der Waals surface area contributed by atoms with Gasteiger partial charge < -0.3 is 14.6 Å². The van der Waals surface area contributed by atoms with Gasteiger partial charge in [0, 0.05) is 44.1 Å². The normalized spacial score (nSPS) is 16.1. The molecule has 4 rings (SSSR count). The van der Waals surface area contributed by atoms with Crippen LogP contribution < -0.4 is 4.90 Å². The van der Waals surface area contributed by atoms with E-state index in [-0.39, 0.29) is 0 Å². The van der Waals surface area contributed by atoms with E-state index in [1.165, 1.54) is 11.5 Å². The number of imidazole rings is 1. The Bertz CT molecular complexity index is 773. The molecule has 3 heterocycles. The number of fused-ring (bicyclic) bond motifs is 1. The quantitative estimate of drug-likeness (QED) is 0.771. The Labute approximate surface area is 145 Å². The fraction of sp³-hybridized carbons (Fsp3) is 0.471. The van der Waals surface area contributed by atoms with Gasteiger partial charge in [-0.1, -0.05) is 12.1 Å². The number of nitrogens with one attached hydrogen (secondary N) is 1. The van der Waals surface area contributed by atoms with Gasteiger partial charge >= 0.3 is 0 Å². The Balaban J connectivity index is 1.40. The lowest BCUT2D eigenvalue weighted by Crippen LogP contribution is -2.33. The van der Waals surface area contributed by atoms with Crippen LogP contribution in [0, 0.1) is 0 Å². The molecule has 1 aliphatic heterocycles. The maximum atomic E-state index is 5.09. The van der Waals surface area contributed by atoms with Crippen molar-refractivity contribution in [3.63, 3.8) is 0 Å². The van der Waals surface area contributed by atoms with Crippen LogP contribution in [0.5, 0.6) is 0 Å². The molecule has 0 aliphatic carbocycles. The van der Waals surface area contributed by atoms with Gasteiger partial charge in [0.1, 0.15) is 11.6 Å². The van der Waals surface area contributed by atoms with Gasteiger partial charge in [-0.3, -0.25) is 0 Å². The summed E-state index contributed by atoms with van der Waals surface area (Å²) in [4.78, 5) is 15.2. The number of aromatic nitrogens is 4. The molecule has 7 heteroatoms. The molecule has 0 amide bonds. The Morgan fingerprint density at radius 2 is 2.08 bits per heavy atom. The highest BCUT2D eigenvalue weighted by molar-refractivity contribution is 7.09. The molecule has 0 spiro atoms. The number of para-hydroxylation sites is 2. The average Bonchev–Trinajstić information content (AvgIpc) is 3.27. The van der Waals surface area contributed by atoms with Crippen molar-refractivity contribution in [2.45, 2.75) is 25.2 Å². The Hall–Kier alpha value is -1.99. The highest BCUT2D eigenvalue weighted by Gasteiger charge is 2.25. The summed E-state index contributed by atoms with van der Waals surface area (Å²) in [7, 11) is 1.70. The number of H-pyrrole nitrogens is 1. The number of hydrogen-bond acceptors (Lipinski definition) is 6. The summed E-state index contributed by atoms with van der Waals surface area (Å²) in [6.45, 7) is 2.67. The van der Waals surface area contributed by atoms with Crippen molar-refractivity contribution in [3.05, 3.63) is 35.9 Å². The maximum absolute atomic E-state index is 5.09. The zero-order chi connectivity index (χ0) is 16.4. The molecule has 24 heavy (non-hydrogen) atoms. The predicted molar refractivity (Wildman–Crippen MR) is 95.8 cm³/mol. The third kappa shape index (κ3) is 3.14. The molecule has 0 bridgehead atoms. The van der Waals surface area contributed by atoms with E-state index >= 15 is 0 Å². The molecule has 0 saturated carbocycles. The van der Waals surface area contributed by atoms with E-state index in [9.17, 15) is 0 Å². The van der Waals surface area contributed by atoms with Crippen LogP contribution in [0.4, 0.5) is 5.13 Å². The van der Waals surface area contributed by atoms with Crippen LogP contribution in [0.2, 0.25) is 0 Å². The van der Waals surface area contributed by atoms with Crippen LogP contribution in [-0.4, -0.2) is 46.1 Å². The zero-order valence-electron chi connectivity index (χ0n) is 13.7. The maximum Gasteiger partial charge on any atom is 0.205 e. The topological polar surface area (TPSA) is 66.9 Å². The number of piperidine rings is 1. The molecular weight excluding hydrogens is 322 g/mol. The minimum atomic E-state index is 0.495. The number of nitrogens with zero attached hydrogens (tertiary/aromatic N) is 4. The molecule has 1 fully saturated rings. The molecule has 2 aromatic heterocycles. The fourth-order valence-corrected chi connectivity index (χ4v) is 3.94. The summed E-state index contributed by atoms with van der Waals surface area (Å²) in [6, 6.07) is 8.23. The first-order valence-corrected chi connectivity index (χ1v) is 9.12. The molecular formula is C17H21N5OS. The van der Waals surface area contributed by atoms with Crippen molar-refractivity contribution >= 4 is 27.7 Å². The van der Waals surface area contributed by atoms with E-state index in [1.807, 2.05) is 12.1 Å². The summed E-state index contributed by atoms with van der Waals surface area (Å²) >= 11 is 1.49. The van der Waals surface area contributed by atoms with Gasteiger partial charge in [-0.25, -0.2) is 9.97 Å². The third-order valence-corrected chi connectivity index (χ3v) is 5.36. The predicted octanol–water partition coefficient (Wildman–Crippen LogP) is 2.99. The lowest BCUT2D eigenvalue weighted by molar-refractivity contribution is 0.201. The van der Waals surface area contributed by atoms with E-state index in [4.69, 9.17) is 9.72 Å². The summed E-state index contributed by atoms with van der Waals surface area (Å²) in [6.07, 6.45) is 2.96. The van der Waals surface area contributed by atoms with Gasteiger partial charge in [-0.2, -0.15) is 4.37 Å². The number of rotatable bonds is 5. The Morgan fingerprint density at radius 1 is 1.25 bits per heavy atom. The van der Waals surface area contributed by atoms with Gasteiger partial charge in [-0.15, -0.1) is 0 Å². The highest BCUT2D eigenvalue weighted by atomic mass is 32.1. The molecule has 126 valence electrons. The molecule has 1 aliphatic rings. The van der Waals surface area contributed by atoms with Crippen LogP contribution in [0.15, 0.2) is 24.3 Å². The van der Waals surface area contributed by atoms with E-state index in [0.29, 0.717) is 12.5 Å². The zero-order valence-corrected chi connectivity index (χ0v) is 14.6. The van der Waals surface area contributed by atoms with Crippen LogP contribution in [0.3, 0.4) is 0 Å². The minimum Gasteiger partial charge on any atom is -0.384 e. The van der Waals surface area contributed by atoms with Crippen LogP contribution in [-0.2, 0) is 11.2 Å². The van der Waals surface area contributed by atoms with Gasteiger partial charge in [0.2, 0.25) is 5.13 Å². The summed E-state index contributed by atoms with van der Waals surface area (Å²) in [5.41, 5.74) is 2.18. The average molecular weight is 343 g/mol. The van der Waals surface area contributed by atoms with Gasteiger partial charge in [0.15, 0.2) is 0 Å². The van der Waals surface area contributed by atoms with E-state index < -0.39 is 0 Å². The molecule has 1 aromatic carbocycles. The van der Waals surface area contributed by atoms with Crippen molar-refractivity contribution in [1.29, 1.82) is 0 Å². The first-order chi connectivity index (χ1) is 11.8. The molecule has 0 atom stereocenters. The fourth-order valence-electron chi connectivity index (χ4n) is 3.18. The standard InChI is InChI=1S/C17H21N5OS/c1-23-11-8-15-20-17(24-21-15)22-9-6-12(7-10-22)16-18-13-4-2-3-5-14(13)19-16/h2-5,12H,6-11H2,1H3,(H,18,19). The van der Waals surface area contributed by atoms with E-state index in [1.54, 1.807) is 7.11 Å². The van der Waals surface area contributed by atoms with Crippen molar-refractivity contribution in [3.8, 4) is 0 Å². The largest absolute Gasteiger partial charge is 0.384 e. The number of methoxy groups -OCH3 is 1. The van der Waals surface area contributed by atoms with E-state index in [2.05, 4.69) is 31.4 Å². The molecule has 1 saturated heterocycles. The Morgan fingerprint density at radius 3 is 2.88 bits per heavy atom. The van der Waals surface area contributed by atoms with Gasteiger partial charge in [0.25, 0.3) is 0 Å². The van der Waals surface area contributed by atoms with Gasteiger partial charge in [-0.05, 0) is 25.0 Å². The number of hydrogen-bond donors (Lipinski definition) is 1. The highest BCUT2D eigenvalue weighted by Crippen LogP contribution is 2.30. The second-order valence-corrected chi connectivity index (χ2v) is 6.87.